The minimum absolute atomic E-state index is 0.215. The van der Waals surface area contributed by atoms with Crippen LogP contribution in [0, 0.1) is 0 Å². The van der Waals surface area contributed by atoms with Crippen molar-refractivity contribution in [3.05, 3.63) is 59.2 Å². The van der Waals surface area contributed by atoms with Crippen molar-refractivity contribution in [2.24, 2.45) is 0 Å². The molecule has 6 heteroatoms. The number of hydrogen-bond acceptors (Lipinski definition) is 2. The van der Waals surface area contributed by atoms with E-state index in [2.05, 4.69) is 5.32 Å². The number of methoxy groups -OCH3 is 1. The molecule has 0 bridgehead atoms. The van der Waals surface area contributed by atoms with Crippen LogP contribution in [0.5, 0.6) is 5.75 Å². The van der Waals surface area contributed by atoms with Crippen LogP contribution in [-0.2, 0) is 22.8 Å². The maximum Gasteiger partial charge on any atom is 0.416 e. The Morgan fingerprint density at radius 2 is 1.88 bits per heavy atom. The Labute approximate surface area is 137 Å². The minimum Gasteiger partial charge on any atom is -0.496 e. The number of fused-ring (bicyclic) bond motifs is 1. The fourth-order valence-corrected chi connectivity index (χ4v) is 3.09. The fourth-order valence-electron chi connectivity index (χ4n) is 3.09. The molecule has 0 aliphatic carbocycles. The molecule has 126 valence electrons. The van der Waals surface area contributed by atoms with Crippen LogP contribution in [0.25, 0.3) is 0 Å². The summed E-state index contributed by atoms with van der Waals surface area (Å²) in [6.45, 7) is 1.73. The molecule has 3 nitrogen and oxygen atoms in total. The monoisotopic (exact) mass is 335 g/mol. The van der Waals surface area contributed by atoms with Gasteiger partial charge in [0.05, 0.1) is 18.1 Å². The summed E-state index contributed by atoms with van der Waals surface area (Å²) in [5.41, 5.74) is -0.124. The highest BCUT2D eigenvalue weighted by Crippen LogP contribution is 2.43. The second-order valence-electron chi connectivity index (χ2n) is 6.03. The van der Waals surface area contributed by atoms with E-state index in [1.165, 1.54) is 6.07 Å². The van der Waals surface area contributed by atoms with Gasteiger partial charge in [0.15, 0.2) is 0 Å². The van der Waals surface area contributed by atoms with Gasteiger partial charge in [-0.1, -0.05) is 24.3 Å². The van der Waals surface area contributed by atoms with Crippen molar-refractivity contribution in [1.82, 2.24) is 0 Å². The quantitative estimate of drug-likeness (QED) is 0.914. The van der Waals surface area contributed by atoms with Gasteiger partial charge in [-0.3, -0.25) is 4.79 Å². The highest BCUT2D eigenvalue weighted by molar-refractivity contribution is 6.06. The second kappa shape index (κ2) is 5.54. The molecule has 1 N–H and O–H groups in total. The predicted octanol–water partition coefficient (Wildman–Crippen LogP) is 4.17. The van der Waals surface area contributed by atoms with Gasteiger partial charge < -0.3 is 10.1 Å². The van der Waals surface area contributed by atoms with Crippen LogP contribution < -0.4 is 10.1 Å². The van der Waals surface area contributed by atoms with E-state index in [0.717, 1.165) is 17.7 Å². The molecule has 1 heterocycles. The highest BCUT2D eigenvalue weighted by Gasteiger charge is 2.44. The van der Waals surface area contributed by atoms with E-state index in [0.29, 0.717) is 17.7 Å². The van der Waals surface area contributed by atoms with E-state index in [4.69, 9.17) is 4.74 Å². The van der Waals surface area contributed by atoms with Crippen LogP contribution in [-0.4, -0.2) is 13.0 Å². The molecule has 1 amide bonds. The molecule has 1 unspecified atom stereocenters. The van der Waals surface area contributed by atoms with Crippen LogP contribution in [0.1, 0.15) is 23.6 Å². The first-order valence-electron chi connectivity index (χ1n) is 7.41. The van der Waals surface area contributed by atoms with Crippen LogP contribution in [0.15, 0.2) is 42.5 Å². The van der Waals surface area contributed by atoms with Gasteiger partial charge in [0.1, 0.15) is 5.75 Å². The van der Waals surface area contributed by atoms with Crippen molar-refractivity contribution >= 4 is 11.6 Å². The molecule has 0 fully saturated rings. The van der Waals surface area contributed by atoms with E-state index >= 15 is 0 Å². The molecule has 0 saturated heterocycles. The number of ether oxygens (including phenoxy) is 1. The number of anilines is 1. The average Bonchev–Trinajstić information content (AvgIpc) is 2.77. The summed E-state index contributed by atoms with van der Waals surface area (Å²) >= 11 is 0. The number of carbonyl (C=O) groups is 1. The number of amides is 1. The molecular formula is C18H16F3NO2. The molecule has 2 aromatic rings. The SMILES string of the molecule is COc1ccccc1CC1(C)C(=O)Nc2cc(C(F)(F)F)ccc21. The summed E-state index contributed by atoms with van der Waals surface area (Å²) < 4.78 is 43.9. The summed E-state index contributed by atoms with van der Waals surface area (Å²) in [7, 11) is 1.54. The molecule has 0 saturated carbocycles. The normalized spacial score (nSPS) is 19.8. The maximum absolute atomic E-state index is 12.9. The van der Waals surface area contributed by atoms with Crippen molar-refractivity contribution in [2.75, 3.05) is 12.4 Å². The van der Waals surface area contributed by atoms with Crippen molar-refractivity contribution in [1.29, 1.82) is 0 Å². The largest absolute Gasteiger partial charge is 0.496 e. The summed E-state index contributed by atoms with van der Waals surface area (Å²) in [5, 5.41) is 2.58. The van der Waals surface area contributed by atoms with E-state index in [1.807, 2.05) is 18.2 Å². The Morgan fingerprint density at radius 1 is 1.17 bits per heavy atom. The van der Waals surface area contributed by atoms with Gasteiger partial charge in [-0.05, 0) is 42.7 Å². The van der Waals surface area contributed by atoms with E-state index in [-0.39, 0.29) is 11.6 Å². The number of halogens is 3. The maximum atomic E-state index is 12.9. The van der Waals surface area contributed by atoms with Gasteiger partial charge >= 0.3 is 6.18 Å². The van der Waals surface area contributed by atoms with Gasteiger partial charge in [0.25, 0.3) is 0 Å². The van der Waals surface area contributed by atoms with Crippen LogP contribution in [0.3, 0.4) is 0 Å². The lowest BCUT2D eigenvalue weighted by atomic mass is 9.78. The number of para-hydroxylation sites is 1. The minimum atomic E-state index is -4.44. The van der Waals surface area contributed by atoms with Gasteiger partial charge in [-0.15, -0.1) is 0 Å². The molecule has 2 aromatic carbocycles. The number of nitrogens with one attached hydrogen (secondary N) is 1. The summed E-state index contributed by atoms with van der Waals surface area (Å²) in [6, 6.07) is 10.7. The lowest BCUT2D eigenvalue weighted by Gasteiger charge is -2.23. The standard InChI is InChI=1S/C18H16F3NO2/c1-17(10-11-5-3-4-6-15(11)24-2)13-8-7-12(18(19,20)21)9-14(13)22-16(17)23/h3-9H,10H2,1-2H3,(H,22,23). The molecule has 3 rings (SSSR count). The molecule has 0 radical (unpaired) electrons. The van der Waals surface area contributed by atoms with Gasteiger partial charge in [0, 0.05) is 5.69 Å². The van der Waals surface area contributed by atoms with Crippen molar-refractivity contribution in [3.63, 3.8) is 0 Å². The van der Waals surface area contributed by atoms with Crippen molar-refractivity contribution < 1.29 is 22.7 Å². The van der Waals surface area contributed by atoms with E-state index in [1.54, 1.807) is 20.1 Å². The second-order valence-corrected chi connectivity index (χ2v) is 6.03. The van der Waals surface area contributed by atoms with Crippen molar-refractivity contribution in [2.45, 2.75) is 24.9 Å². The van der Waals surface area contributed by atoms with Gasteiger partial charge in [-0.25, -0.2) is 0 Å². The summed E-state index contributed by atoms with van der Waals surface area (Å²) in [6.07, 6.45) is -4.11. The van der Waals surface area contributed by atoms with Gasteiger partial charge in [-0.2, -0.15) is 13.2 Å². The zero-order chi connectivity index (χ0) is 17.5. The van der Waals surface area contributed by atoms with Crippen LogP contribution >= 0.6 is 0 Å². The zero-order valence-corrected chi connectivity index (χ0v) is 13.2. The third-order valence-corrected chi connectivity index (χ3v) is 4.43. The third kappa shape index (κ3) is 2.62. The fraction of sp³-hybridized carbons (Fsp3) is 0.278. The lowest BCUT2D eigenvalue weighted by molar-refractivity contribution is -0.137. The van der Waals surface area contributed by atoms with E-state index in [9.17, 15) is 18.0 Å². The smallest absolute Gasteiger partial charge is 0.416 e. The average molecular weight is 335 g/mol. The third-order valence-electron chi connectivity index (χ3n) is 4.43. The lowest BCUT2D eigenvalue weighted by Crippen LogP contribution is -2.33. The molecule has 1 aliphatic heterocycles. The first-order chi connectivity index (χ1) is 11.3. The number of hydrogen-bond donors (Lipinski definition) is 1. The molecule has 24 heavy (non-hydrogen) atoms. The van der Waals surface area contributed by atoms with Crippen LogP contribution in [0.4, 0.5) is 18.9 Å². The predicted molar refractivity (Wildman–Crippen MR) is 84.1 cm³/mol. The molecule has 0 spiro atoms. The molecular weight excluding hydrogens is 319 g/mol. The topological polar surface area (TPSA) is 38.3 Å². The molecule has 0 aromatic heterocycles. The Kier molecular flexibility index (Phi) is 3.78. The highest BCUT2D eigenvalue weighted by atomic mass is 19.4. The number of carbonyl (C=O) groups excluding carboxylic acids is 1. The first kappa shape index (κ1) is 16.4. The zero-order valence-electron chi connectivity index (χ0n) is 13.2. The molecule has 1 aliphatic rings. The Bertz CT molecular complexity index is 801. The Morgan fingerprint density at radius 3 is 2.54 bits per heavy atom. The Balaban J connectivity index is 2.02. The van der Waals surface area contributed by atoms with E-state index < -0.39 is 17.2 Å². The number of rotatable bonds is 3. The summed E-state index contributed by atoms with van der Waals surface area (Å²) in [4.78, 5) is 12.5. The first-order valence-corrected chi connectivity index (χ1v) is 7.41. The van der Waals surface area contributed by atoms with Gasteiger partial charge in [0.2, 0.25) is 5.91 Å². The summed E-state index contributed by atoms with van der Waals surface area (Å²) in [5.74, 6) is 0.328. The van der Waals surface area contributed by atoms with Crippen molar-refractivity contribution in [3.8, 4) is 5.75 Å². The Hall–Kier alpha value is -2.50. The molecule has 1 atom stereocenters. The number of benzene rings is 2. The number of alkyl halides is 3. The van der Waals surface area contributed by atoms with Crippen LogP contribution in [0.2, 0.25) is 0 Å².